The summed E-state index contributed by atoms with van der Waals surface area (Å²) in [7, 11) is 0. The van der Waals surface area contributed by atoms with E-state index in [1.165, 1.54) is 10.4 Å². The van der Waals surface area contributed by atoms with Crippen molar-refractivity contribution >= 4 is 21.6 Å². The normalized spacial score (nSPS) is 11.2. The van der Waals surface area contributed by atoms with Crippen molar-refractivity contribution < 1.29 is 0 Å². The van der Waals surface area contributed by atoms with Gasteiger partial charge >= 0.3 is 0 Å². The van der Waals surface area contributed by atoms with E-state index in [1.54, 1.807) is 36.3 Å². The van der Waals surface area contributed by atoms with Crippen LogP contribution in [0.1, 0.15) is 10.4 Å². The number of fused-ring (bicyclic) bond motifs is 1. The molecule has 0 atom stereocenters. The molecule has 0 amide bonds. The number of imidazole rings is 1. The van der Waals surface area contributed by atoms with Gasteiger partial charge in [0.05, 0.1) is 5.39 Å². The maximum Gasteiger partial charge on any atom is 0.164 e. The lowest BCUT2D eigenvalue weighted by Crippen LogP contribution is -2.00. The summed E-state index contributed by atoms with van der Waals surface area (Å²) in [5, 5.41) is 1.09. The van der Waals surface area contributed by atoms with Crippen molar-refractivity contribution in [2.24, 2.45) is 0 Å². The van der Waals surface area contributed by atoms with Crippen molar-refractivity contribution in [2.75, 3.05) is 0 Å². The van der Waals surface area contributed by atoms with Crippen molar-refractivity contribution in [1.29, 1.82) is 0 Å². The first-order valence-electron chi connectivity index (χ1n) is 6.90. The van der Waals surface area contributed by atoms with Gasteiger partial charge in [0.1, 0.15) is 11.2 Å². The maximum atomic E-state index is 4.77. The molecule has 0 aliphatic rings. The van der Waals surface area contributed by atoms with Crippen LogP contribution in [0.3, 0.4) is 0 Å². The quantitative estimate of drug-likeness (QED) is 0.568. The zero-order valence-corrected chi connectivity index (χ0v) is 13.0. The SMILES string of the molecule is Cc1sc2nc(-c3cccnc3)nc(-n3ccnc3)c2c1C. The molecule has 5 nitrogen and oxygen atoms in total. The van der Waals surface area contributed by atoms with Crippen molar-refractivity contribution in [3.63, 3.8) is 0 Å². The summed E-state index contributed by atoms with van der Waals surface area (Å²) in [6.07, 6.45) is 8.96. The number of thiophene rings is 1. The fourth-order valence-electron chi connectivity index (χ4n) is 2.42. The molecule has 4 aromatic rings. The summed E-state index contributed by atoms with van der Waals surface area (Å²) >= 11 is 1.69. The van der Waals surface area contributed by atoms with Gasteiger partial charge in [0, 0.05) is 35.2 Å². The zero-order chi connectivity index (χ0) is 15.1. The average Bonchev–Trinajstić information content (AvgIpc) is 3.17. The number of hydrogen-bond acceptors (Lipinski definition) is 5. The molecule has 4 rings (SSSR count). The number of pyridine rings is 1. The Bertz CT molecular complexity index is 942. The van der Waals surface area contributed by atoms with E-state index in [0.717, 1.165) is 21.6 Å². The molecule has 6 heteroatoms. The molecule has 4 heterocycles. The molecular formula is C16H13N5S. The summed E-state index contributed by atoms with van der Waals surface area (Å²) < 4.78 is 1.93. The van der Waals surface area contributed by atoms with Crippen LogP contribution in [0.25, 0.3) is 27.4 Å². The zero-order valence-electron chi connectivity index (χ0n) is 12.2. The lowest BCUT2D eigenvalue weighted by atomic mass is 10.2. The fraction of sp³-hybridized carbons (Fsp3) is 0.125. The van der Waals surface area contributed by atoms with Gasteiger partial charge in [-0.1, -0.05) is 0 Å². The van der Waals surface area contributed by atoms with Gasteiger partial charge in [-0.3, -0.25) is 9.55 Å². The molecule has 108 valence electrons. The molecule has 4 aromatic heterocycles. The molecule has 22 heavy (non-hydrogen) atoms. The largest absolute Gasteiger partial charge is 0.290 e. The molecular weight excluding hydrogens is 294 g/mol. The highest BCUT2D eigenvalue weighted by Crippen LogP contribution is 2.33. The summed E-state index contributed by atoms with van der Waals surface area (Å²) in [4.78, 5) is 20.0. The molecule has 0 saturated heterocycles. The van der Waals surface area contributed by atoms with Gasteiger partial charge in [0.25, 0.3) is 0 Å². The molecule has 0 spiro atoms. The summed E-state index contributed by atoms with van der Waals surface area (Å²) in [5.41, 5.74) is 2.14. The van der Waals surface area contributed by atoms with E-state index in [4.69, 9.17) is 9.97 Å². The third kappa shape index (κ3) is 2.00. The van der Waals surface area contributed by atoms with Crippen LogP contribution in [0, 0.1) is 13.8 Å². The first-order chi connectivity index (χ1) is 10.7. The Labute approximate surface area is 131 Å². The van der Waals surface area contributed by atoms with Crippen LogP contribution < -0.4 is 0 Å². The Morgan fingerprint density at radius 3 is 2.73 bits per heavy atom. The van der Waals surface area contributed by atoms with Crippen LogP contribution in [0.5, 0.6) is 0 Å². The van der Waals surface area contributed by atoms with Gasteiger partial charge in [-0.15, -0.1) is 11.3 Å². The molecule has 0 aromatic carbocycles. The van der Waals surface area contributed by atoms with E-state index < -0.39 is 0 Å². The highest BCUT2D eigenvalue weighted by molar-refractivity contribution is 7.18. The van der Waals surface area contributed by atoms with Crippen molar-refractivity contribution in [1.82, 2.24) is 24.5 Å². The molecule has 0 aliphatic carbocycles. The van der Waals surface area contributed by atoms with Crippen LogP contribution in [0.15, 0.2) is 43.2 Å². The standard InChI is InChI=1S/C16H13N5S/c1-10-11(2)22-16-13(10)15(21-7-6-18-9-21)19-14(20-16)12-4-3-5-17-8-12/h3-9H,1-2H3. The van der Waals surface area contributed by atoms with Gasteiger partial charge in [-0.05, 0) is 31.5 Å². The summed E-state index contributed by atoms with van der Waals surface area (Å²) in [6, 6.07) is 3.86. The minimum atomic E-state index is 0.686. The van der Waals surface area contributed by atoms with E-state index in [0.29, 0.717) is 5.82 Å². The Morgan fingerprint density at radius 1 is 1.09 bits per heavy atom. The fourth-order valence-corrected chi connectivity index (χ4v) is 3.45. The third-order valence-electron chi connectivity index (χ3n) is 3.68. The van der Waals surface area contributed by atoms with Crippen LogP contribution in [-0.2, 0) is 0 Å². The second kappa shape index (κ2) is 4.99. The Balaban J connectivity index is 2.06. The lowest BCUT2D eigenvalue weighted by molar-refractivity contribution is 0.996. The highest BCUT2D eigenvalue weighted by Gasteiger charge is 2.16. The van der Waals surface area contributed by atoms with Crippen LogP contribution >= 0.6 is 11.3 Å². The van der Waals surface area contributed by atoms with Gasteiger partial charge < -0.3 is 0 Å². The lowest BCUT2D eigenvalue weighted by Gasteiger charge is -2.07. The first-order valence-corrected chi connectivity index (χ1v) is 7.72. The van der Waals surface area contributed by atoms with Crippen molar-refractivity contribution in [3.8, 4) is 17.2 Å². The van der Waals surface area contributed by atoms with Crippen molar-refractivity contribution in [2.45, 2.75) is 13.8 Å². The molecule has 0 saturated carbocycles. The molecule has 0 aliphatic heterocycles. The number of nitrogens with zero attached hydrogens (tertiary/aromatic N) is 5. The number of rotatable bonds is 2. The number of aryl methyl sites for hydroxylation is 2. The average molecular weight is 307 g/mol. The summed E-state index contributed by atoms with van der Waals surface area (Å²) in [6.45, 7) is 4.23. The van der Waals surface area contributed by atoms with E-state index >= 15 is 0 Å². The second-order valence-corrected chi connectivity index (χ2v) is 6.25. The molecule has 0 N–H and O–H groups in total. The number of aromatic nitrogens is 5. The molecule has 0 bridgehead atoms. The second-order valence-electron chi connectivity index (χ2n) is 5.05. The predicted molar refractivity (Wildman–Crippen MR) is 87.2 cm³/mol. The molecule has 0 unspecified atom stereocenters. The summed E-state index contributed by atoms with van der Waals surface area (Å²) in [5.74, 6) is 1.55. The predicted octanol–water partition coefficient (Wildman–Crippen LogP) is 3.56. The van der Waals surface area contributed by atoms with Crippen LogP contribution in [0.2, 0.25) is 0 Å². The van der Waals surface area contributed by atoms with E-state index in [9.17, 15) is 0 Å². The third-order valence-corrected chi connectivity index (χ3v) is 4.78. The molecule has 0 fully saturated rings. The number of hydrogen-bond donors (Lipinski definition) is 0. The van der Waals surface area contributed by atoms with Gasteiger partial charge in [0.15, 0.2) is 11.6 Å². The van der Waals surface area contributed by atoms with E-state index in [-0.39, 0.29) is 0 Å². The van der Waals surface area contributed by atoms with E-state index in [2.05, 4.69) is 23.8 Å². The van der Waals surface area contributed by atoms with Gasteiger partial charge in [-0.2, -0.15) is 0 Å². The van der Waals surface area contributed by atoms with Gasteiger partial charge in [-0.25, -0.2) is 15.0 Å². The Kier molecular flexibility index (Phi) is 2.97. The minimum Gasteiger partial charge on any atom is -0.290 e. The van der Waals surface area contributed by atoms with Crippen molar-refractivity contribution in [3.05, 3.63) is 53.7 Å². The molecule has 0 radical (unpaired) electrons. The Hall–Kier alpha value is -2.60. The van der Waals surface area contributed by atoms with E-state index in [1.807, 2.05) is 22.9 Å². The highest BCUT2D eigenvalue weighted by atomic mass is 32.1. The topological polar surface area (TPSA) is 56.5 Å². The Morgan fingerprint density at radius 2 is 2.00 bits per heavy atom. The monoisotopic (exact) mass is 307 g/mol. The first kappa shape index (κ1) is 13.1. The maximum absolute atomic E-state index is 4.77. The van der Waals surface area contributed by atoms with Crippen LogP contribution in [0.4, 0.5) is 0 Å². The van der Waals surface area contributed by atoms with Gasteiger partial charge in [0.2, 0.25) is 0 Å². The minimum absolute atomic E-state index is 0.686. The van der Waals surface area contributed by atoms with Crippen LogP contribution in [-0.4, -0.2) is 24.5 Å². The smallest absolute Gasteiger partial charge is 0.164 e.